The summed E-state index contributed by atoms with van der Waals surface area (Å²) in [5.41, 5.74) is 2.31. The minimum Gasteiger partial charge on any atom is -0.374 e. The zero-order valence-corrected chi connectivity index (χ0v) is 12.2. The molecule has 5 heteroatoms. The first-order valence-electron chi connectivity index (χ1n) is 7.17. The van der Waals surface area contributed by atoms with E-state index in [1.54, 1.807) is 11.8 Å². The third-order valence-electron chi connectivity index (χ3n) is 3.67. The Bertz CT molecular complexity index is 700. The summed E-state index contributed by atoms with van der Waals surface area (Å²) in [6.07, 6.45) is 0. The summed E-state index contributed by atoms with van der Waals surface area (Å²) in [5, 5.41) is 5.90. The topological polar surface area (TPSA) is 61.4 Å². The first-order valence-corrected chi connectivity index (χ1v) is 7.17. The average Bonchev–Trinajstić information content (AvgIpc) is 2.55. The summed E-state index contributed by atoms with van der Waals surface area (Å²) in [7, 11) is 0. The lowest BCUT2D eigenvalue weighted by molar-refractivity contribution is -0.122. The van der Waals surface area contributed by atoms with Crippen molar-refractivity contribution in [3.8, 4) is 0 Å². The molecule has 0 radical (unpaired) electrons. The second-order valence-corrected chi connectivity index (χ2v) is 5.17. The Morgan fingerprint density at radius 3 is 2.59 bits per heavy atom. The van der Waals surface area contributed by atoms with E-state index >= 15 is 0 Å². The Kier molecular flexibility index (Phi) is 3.78. The second kappa shape index (κ2) is 5.89. The molecule has 2 N–H and O–H groups in total. The highest BCUT2D eigenvalue weighted by Crippen LogP contribution is 2.30. The lowest BCUT2D eigenvalue weighted by Crippen LogP contribution is -2.50. The van der Waals surface area contributed by atoms with Crippen LogP contribution in [0.3, 0.4) is 0 Å². The van der Waals surface area contributed by atoms with E-state index in [4.69, 9.17) is 0 Å². The van der Waals surface area contributed by atoms with Crippen LogP contribution in [0.1, 0.15) is 6.92 Å². The lowest BCUT2D eigenvalue weighted by Gasteiger charge is -2.34. The molecular formula is C17H17N3O2. The van der Waals surface area contributed by atoms with Crippen LogP contribution in [0.4, 0.5) is 17.1 Å². The SMILES string of the molecule is CC(C(=O)Nc1ccccc1)N1C(=O)CNc2ccccc21. The van der Waals surface area contributed by atoms with Crippen LogP contribution in [0, 0.1) is 0 Å². The van der Waals surface area contributed by atoms with Gasteiger partial charge in [0.25, 0.3) is 0 Å². The van der Waals surface area contributed by atoms with Gasteiger partial charge in [-0.15, -0.1) is 0 Å². The Morgan fingerprint density at radius 2 is 1.82 bits per heavy atom. The first-order chi connectivity index (χ1) is 10.7. The third kappa shape index (κ3) is 2.65. The van der Waals surface area contributed by atoms with Crippen molar-refractivity contribution >= 4 is 28.9 Å². The maximum atomic E-state index is 12.4. The van der Waals surface area contributed by atoms with Crippen molar-refractivity contribution in [1.29, 1.82) is 0 Å². The first kappa shape index (κ1) is 14.1. The molecule has 3 rings (SSSR count). The van der Waals surface area contributed by atoms with Gasteiger partial charge in [0, 0.05) is 5.69 Å². The zero-order chi connectivity index (χ0) is 15.5. The predicted octanol–water partition coefficient (Wildman–Crippen LogP) is 2.47. The van der Waals surface area contributed by atoms with Crippen LogP contribution in [0.5, 0.6) is 0 Å². The van der Waals surface area contributed by atoms with Gasteiger partial charge in [-0.2, -0.15) is 0 Å². The van der Waals surface area contributed by atoms with Gasteiger partial charge < -0.3 is 10.6 Å². The number of carbonyl (C=O) groups excluding carboxylic acids is 2. The van der Waals surface area contributed by atoms with Crippen LogP contribution in [-0.2, 0) is 9.59 Å². The van der Waals surface area contributed by atoms with Gasteiger partial charge in [-0.3, -0.25) is 14.5 Å². The van der Waals surface area contributed by atoms with Crippen LogP contribution in [0.15, 0.2) is 54.6 Å². The van der Waals surface area contributed by atoms with Gasteiger partial charge in [0.15, 0.2) is 0 Å². The van der Waals surface area contributed by atoms with E-state index in [0.717, 1.165) is 17.1 Å². The van der Waals surface area contributed by atoms with Crippen LogP contribution >= 0.6 is 0 Å². The molecule has 0 bridgehead atoms. The molecule has 22 heavy (non-hydrogen) atoms. The highest BCUT2D eigenvalue weighted by molar-refractivity contribution is 6.09. The molecule has 0 saturated heterocycles. The highest BCUT2D eigenvalue weighted by Gasteiger charge is 2.31. The number of nitrogens with zero attached hydrogens (tertiary/aromatic N) is 1. The van der Waals surface area contributed by atoms with Crippen molar-refractivity contribution in [3.05, 3.63) is 54.6 Å². The number of nitrogens with one attached hydrogen (secondary N) is 2. The summed E-state index contributed by atoms with van der Waals surface area (Å²) in [4.78, 5) is 26.2. The van der Waals surface area contributed by atoms with E-state index in [0.29, 0.717) is 0 Å². The molecule has 0 aliphatic carbocycles. The minimum absolute atomic E-state index is 0.116. The minimum atomic E-state index is -0.587. The summed E-state index contributed by atoms with van der Waals surface area (Å²) in [6, 6.07) is 16.1. The van der Waals surface area contributed by atoms with E-state index in [2.05, 4.69) is 10.6 Å². The maximum absolute atomic E-state index is 12.4. The Hall–Kier alpha value is -2.82. The van der Waals surface area contributed by atoms with Crippen LogP contribution in [-0.4, -0.2) is 24.4 Å². The molecule has 0 fully saturated rings. The smallest absolute Gasteiger partial charge is 0.247 e. The molecular weight excluding hydrogens is 278 g/mol. The fourth-order valence-corrected chi connectivity index (χ4v) is 2.53. The normalized spacial score (nSPS) is 14.8. The average molecular weight is 295 g/mol. The fourth-order valence-electron chi connectivity index (χ4n) is 2.53. The standard InChI is InChI=1S/C17H17N3O2/c1-12(17(22)19-13-7-3-2-4-8-13)20-15-10-6-5-9-14(15)18-11-16(20)21/h2-10,12,18H,11H2,1H3,(H,19,22). The molecule has 2 aromatic carbocycles. The van der Waals surface area contributed by atoms with Crippen molar-refractivity contribution in [2.24, 2.45) is 0 Å². The number of carbonyl (C=O) groups is 2. The van der Waals surface area contributed by atoms with Crippen LogP contribution in [0.2, 0.25) is 0 Å². The number of amides is 2. The molecule has 112 valence electrons. The summed E-state index contributed by atoms with van der Waals surface area (Å²) >= 11 is 0. The second-order valence-electron chi connectivity index (χ2n) is 5.17. The predicted molar refractivity (Wildman–Crippen MR) is 87.0 cm³/mol. The van der Waals surface area contributed by atoms with Crippen LogP contribution < -0.4 is 15.5 Å². The highest BCUT2D eigenvalue weighted by atomic mass is 16.2. The number of benzene rings is 2. The van der Waals surface area contributed by atoms with Gasteiger partial charge in [-0.25, -0.2) is 0 Å². The molecule has 1 aliphatic rings. The third-order valence-corrected chi connectivity index (χ3v) is 3.67. The van der Waals surface area contributed by atoms with Gasteiger partial charge in [-0.1, -0.05) is 30.3 Å². The van der Waals surface area contributed by atoms with Crippen molar-refractivity contribution in [3.63, 3.8) is 0 Å². The molecule has 0 spiro atoms. The maximum Gasteiger partial charge on any atom is 0.247 e. The number of hydrogen-bond acceptors (Lipinski definition) is 3. The number of rotatable bonds is 3. The lowest BCUT2D eigenvalue weighted by atomic mass is 10.1. The van der Waals surface area contributed by atoms with E-state index in [9.17, 15) is 9.59 Å². The quantitative estimate of drug-likeness (QED) is 0.914. The number of para-hydroxylation sites is 3. The number of fused-ring (bicyclic) bond motifs is 1. The summed E-state index contributed by atoms with van der Waals surface area (Å²) in [5.74, 6) is -0.328. The van der Waals surface area contributed by atoms with E-state index in [1.165, 1.54) is 0 Å². The van der Waals surface area contributed by atoms with E-state index < -0.39 is 6.04 Å². The molecule has 2 aromatic rings. The molecule has 1 atom stereocenters. The van der Waals surface area contributed by atoms with Crippen molar-refractivity contribution in [2.75, 3.05) is 22.1 Å². The molecule has 0 saturated carbocycles. The fraction of sp³-hybridized carbons (Fsp3) is 0.176. The molecule has 0 aromatic heterocycles. The molecule has 1 unspecified atom stereocenters. The Balaban J connectivity index is 1.83. The zero-order valence-electron chi connectivity index (χ0n) is 12.2. The molecule has 2 amide bonds. The number of hydrogen-bond donors (Lipinski definition) is 2. The summed E-state index contributed by atoms with van der Waals surface area (Å²) in [6.45, 7) is 1.93. The van der Waals surface area contributed by atoms with E-state index in [-0.39, 0.29) is 18.4 Å². The number of anilines is 3. The monoisotopic (exact) mass is 295 g/mol. The van der Waals surface area contributed by atoms with Crippen molar-refractivity contribution in [2.45, 2.75) is 13.0 Å². The molecule has 1 aliphatic heterocycles. The van der Waals surface area contributed by atoms with Gasteiger partial charge in [0.2, 0.25) is 11.8 Å². The summed E-state index contributed by atoms with van der Waals surface area (Å²) < 4.78 is 0. The molecule has 1 heterocycles. The van der Waals surface area contributed by atoms with Crippen LogP contribution in [0.25, 0.3) is 0 Å². The molecule has 5 nitrogen and oxygen atoms in total. The Labute approximate surface area is 128 Å². The van der Waals surface area contributed by atoms with Crippen molar-refractivity contribution < 1.29 is 9.59 Å². The Morgan fingerprint density at radius 1 is 1.14 bits per heavy atom. The van der Waals surface area contributed by atoms with Gasteiger partial charge >= 0.3 is 0 Å². The van der Waals surface area contributed by atoms with E-state index in [1.807, 2.05) is 54.6 Å². The van der Waals surface area contributed by atoms with Gasteiger partial charge in [-0.05, 0) is 31.2 Å². The largest absolute Gasteiger partial charge is 0.374 e. The van der Waals surface area contributed by atoms with Gasteiger partial charge in [0.05, 0.1) is 17.9 Å². The van der Waals surface area contributed by atoms with Crippen molar-refractivity contribution in [1.82, 2.24) is 0 Å². The van der Waals surface area contributed by atoms with Gasteiger partial charge in [0.1, 0.15) is 6.04 Å².